The third-order valence-corrected chi connectivity index (χ3v) is 4.67. The van der Waals surface area contributed by atoms with E-state index in [-0.39, 0.29) is 5.60 Å². The maximum Gasteiger partial charge on any atom is 0.0843 e. The first-order valence-electron chi connectivity index (χ1n) is 8.41. The molecule has 2 aliphatic rings. The van der Waals surface area contributed by atoms with Gasteiger partial charge in [0.2, 0.25) is 0 Å². The molecule has 0 aromatic carbocycles. The van der Waals surface area contributed by atoms with E-state index in [1.54, 1.807) is 0 Å². The van der Waals surface area contributed by atoms with Gasteiger partial charge in [-0.05, 0) is 70.9 Å². The van der Waals surface area contributed by atoms with Crippen molar-refractivity contribution in [3.8, 4) is 0 Å². The molecular weight excluding hydrogens is 272 g/mol. The average Bonchev–Trinajstić information content (AvgIpc) is 2.55. The molecule has 2 bridgehead atoms. The first-order valence-corrected chi connectivity index (χ1v) is 8.41. The molecule has 1 N–H and O–H groups in total. The summed E-state index contributed by atoms with van der Waals surface area (Å²) in [6.07, 6.45) is 13.2. The predicted molar refractivity (Wildman–Crippen MR) is 92.8 cm³/mol. The van der Waals surface area contributed by atoms with Crippen molar-refractivity contribution < 1.29 is 9.84 Å². The van der Waals surface area contributed by atoms with E-state index in [9.17, 15) is 5.11 Å². The molecule has 122 valence electrons. The van der Waals surface area contributed by atoms with Crippen LogP contribution in [-0.2, 0) is 4.74 Å². The van der Waals surface area contributed by atoms with Crippen LogP contribution in [0.2, 0.25) is 0 Å². The van der Waals surface area contributed by atoms with Gasteiger partial charge in [-0.3, -0.25) is 0 Å². The average molecular weight is 302 g/mol. The van der Waals surface area contributed by atoms with E-state index < -0.39 is 6.10 Å². The summed E-state index contributed by atoms with van der Waals surface area (Å²) in [5.41, 5.74) is 4.99. The molecule has 1 unspecified atom stereocenters. The smallest absolute Gasteiger partial charge is 0.0843 e. The van der Waals surface area contributed by atoms with Crippen molar-refractivity contribution in [2.24, 2.45) is 0 Å². The van der Waals surface area contributed by atoms with E-state index in [1.165, 1.54) is 22.3 Å². The van der Waals surface area contributed by atoms with Crippen LogP contribution >= 0.6 is 0 Å². The zero-order valence-electron chi connectivity index (χ0n) is 14.5. The Morgan fingerprint density at radius 1 is 1.09 bits per heavy atom. The minimum absolute atomic E-state index is 0.230. The molecule has 1 saturated heterocycles. The van der Waals surface area contributed by atoms with Crippen LogP contribution in [0.5, 0.6) is 0 Å². The number of aliphatic hydroxyl groups is 1. The Morgan fingerprint density at radius 3 is 2.64 bits per heavy atom. The van der Waals surface area contributed by atoms with Gasteiger partial charge in [0.05, 0.1) is 18.3 Å². The molecule has 0 amide bonds. The molecule has 0 saturated carbocycles. The summed E-state index contributed by atoms with van der Waals surface area (Å²) in [4.78, 5) is 0. The molecule has 1 aliphatic heterocycles. The summed E-state index contributed by atoms with van der Waals surface area (Å²) in [5, 5.41) is 10.3. The fourth-order valence-electron chi connectivity index (χ4n) is 3.07. The van der Waals surface area contributed by atoms with Gasteiger partial charge in [0.15, 0.2) is 0 Å². The molecule has 1 heterocycles. The Morgan fingerprint density at radius 2 is 1.86 bits per heavy atom. The number of ether oxygens (including phenoxy) is 1. The second-order valence-corrected chi connectivity index (χ2v) is 7.19. The molecular formula is C20H30O2. The lowest BCUT2D eigenvalue weighted by Crippen LogP contribution is -2.26. The van der Waals surface area contributed by atoms with Crippen molar-refractivity contribution in [2.75, 3.05) is 6.61 Å². The summed E-state index contributed by atoms with van der Waals surface area (Å²) in [5.74, 6) is 0. The topological polar surface area (TPSA) is 29.5 Å². The Hall–Kier alpha value is -1.12. The van der Waals surface area contributed by atoms with Crippen LogP contribution in [0.15, 0.2) is 46.6 Å². The van der Waals surface area contributed by atoms with E-state index in [1.807, 2.05) is 6.08 Å². The van der Waals surface area contributed by atoms with Crippen LogP contribution in [0, 0.1) is 0 Å². The maximum absolute atomic E-state index is 10.3. The largest absolute Gasteiger partial charge is 0.389 e. The normalized spacial score (nSPS) is 27.0. The SMILES string of the molecule is CC1=CC=C2CCC(=CC(O)CC(C)=CCC1)COC2(C)C. The minimum Gasteiger partial charge on any atom is -0.389 e. The highest BCUT2D eigenvalue weighted by Gasteiger charge is 2.27. The maximum atomic E-state index is 10.3. The van der Waals surface area contributed by atoms with Crippen molar-refractivity contribution >= 4 is 0 Å². The van der Waals surface area contributed by atoms with Crippen molar-refractivity contribution in [1.82, 2.24) is 0 Å². The van der Waals surface area contributed by atoms with E-state index in [4.69, 9.17) is 4.74 Å². The monoisotopic (exact) mass is 302 g/mol. The van der Waals surface area contributed by atoms with Gasteiger partial charge in [-0.25, -0.2) is 0 Å². The number of hydrogen-bond acceptors (Lipinski definition) is 2. The highest BCUT2D eigenvalue weighted by molar-refractivity contribution is 5.27. The molecule has 1 atom stereocenters. The van der Waals surface area contributed by atoms with Gasteiger partial charge >= 0.3 is 0 Å². The van der Waals surface area contributed by atoms with Crippen molar-refractivity contribution in [3.05, 3.63) is 46.6 Å². The second kappa shape index (κ2) is 7.43. The van der Waals surface area contributed by atoms with Gasteiger partial charge in [-0.1, -0.05) is 35.5 Å². The van der Waals surface area contributed by atoms with E-state index >= 15 is 0 Å². The molecule has 1 aliphatic carbocycles. The van der Waals surface area contributed by atoms with E-state index in [0.717, 1.165) is 32.1 Å². The van der Waals surface area contributed by atoms with E-state index in [0.29, 0.717) is 6.61 Å². The molecule has 2 nitrogen and oxygen atoms in total. The number of aliphatic hydroxyl groups excluding tert-OH is 1. The third kappa shape index (κ3) is 4.96. The first-order chi connectivity index (χ1) is 10.4. The first kappa shape index (κ1) is 17.2. The fourth-order valence-corrected chi connectivity index (χ4v) is 3.07. The summed E-state index contributed by atoms with van der Waals surface area (Å²) in [6.45, 7) is 9.21. The third-order valence-electron chi connectivity index (χ3n) is 4.67. The summed E-state index contributed by atoms with van der Waals surface area (Å²) >= 11 is 0. The standard InChI is InChI=1S/C20H30O2/c1-15-6-5-7-16(2)12-19(21)13-17-9-11-18(10-8-15)20(3,4)22-14-17/h7-8,10,13,19,21H,5-6,9,11-12,14H2,1-4H3. The van der Waals surface area contributed by atoms with E-state index in [2.05, 4.69) is 45.9 Å². The lowest BCUT2D eigenvalue weighted by Gasteiger charge is -2.26. The van der Waals surface area contributed by atoms with Crippen LogP contribution in [0.4, 0.5) is 0 Å². The summed E-state index contributed by atoms with van der Waals surface area (Å²) in [7, 11) is 0. The Bertz CT molecular complexity index is 518. The minimum atomic E-state index is -0.400. The zero-order chi connectivity index (χ0) is 16.2. The van der Waals surface area contributed by atoms with Gasteiger partial charge in [0, 0.05) is 0 Å². The molecule has 0 aromatic heterocycles. The lowest BCUT2D eigenvalue weighted by molar-refractivity contribution is 0.0285. The highest BCUT2D eigenvalue weighted by atomic mass is 16.5. The Kier molecular flexibility index (Phi) is 5.82. The molecule has 0 spiro atoms. The van der Waals surface area contributed by atoms with Crippen LogP contribution in [0.1, 0.15) is 59.8 Å². The molecule has 0 radical (unpaired) electrons. The van der Waals surface area contributed by atoms with Crippen LogP contribution in [-0.4, -0.2) is 23.4 Å². The van der Waals surface area contributed by atoms with Crippen molar-refractivity contribution in [3.63, 3.8) is 0 Å². The predicted octanol–water partition coefficient (Wildman–Crippen LogP) is 4.87. The Balaban J connectivity index is 2.33. The quantitative estimate of drug-likeness (QED) is 0.647. The molecule has 2 rings (SSSR count). The van der Waals surface area contributed by atoms with Gasteiger partial charge in [-0.2, -0.15) is 0 Å². The van der Waals surface area contributed by atoms with Gasteiger partial charge in [0.1, 0.15) is 0 Å². The van der Waals surface area contributed by atoms with Gasteiger partial charge < -0.3 is 9.84 Å². The van der Waals surface area contributed by atoms with Crippen LogP contribution in [0.3, 0.4) is 0 Å². The van der Waals surface area contributed by atoms with Gasteiger partial charge in [0.25, 0.3) is 0 Å². The van der Waals surface area contributed by atoms with Crippen molar-refractivity contribution in [1.29, 1.82) is 0 Å². The number of allylic oxidation sites excluding steroid dienone is 4. The zero-order valence-corrected chi connectivity index (χ0v) is 14.5. The Labute approximate surface area is 135 Å². The molecule has 22 heavy (non-hydrogen) atoms. The lowest BCUT2D eigenvalue weighted by atomic mass is 9.92. The molecule has 0 aromatic rings. The van der Waals surface area contributed by atoms with Crippen molar-refractivity contribution in [2.45, 2.75) is 71.5 Å². The second-order valence-electron chi connectivity index (χ2n) is 7.19. The summed E-state index contributed by atoms with van der Waals surface area (Å²) < 4.78 is 6.11. The van der Waals surface area contributed by atoms with Gasteiger partial charge in [-0.15, -0.1) is 0 Å². The number of rotatable bonds is 0. The molecule has 2 heteroatoms. The van der Waals surface area contributed by atoms with Crippen LogP contribution < -0.4 is 0 Å². The number of hydrogen-bond donors (Lipinski definition) is 1. The highest BCUT2D eigenvalue weighted by Crippen LogP contribution is 2.32. The van der Waals surface area contributed by atoms with Crippen LogP contribution in [0.25, 0.3) is 0 Å². The molecule has 1 fully saturated rings. The summed E-state index contributed by atoms with van der Waals surface area (Å²) in [6, 6.07) is 0. The fraction of sp³-hybridized carbons (Fsp3) is 0.600. The number of fused-ring (bicyclic) bond motifs is 3.